The standard InChI is InChI=1S/C15H20/c1-4-5-6-7-8-14-9-11-15(12-10-14)13(2)3/h9-13H,4-6H2,1-3H3. The Balaban J connectivity index is 2.59. The minimum absolute atomic E-state index is 0.604. The molecule has 1 rings (SSSR count). The maximum Gasteiger partial charge on any atom is 0.0245 e. The van der Waals surface area contributed by atoms with E-state index in [0.29, 0.717) is 5.92 Å². The van der Waals surface area contributed by atoms with Crippen LogP contribution in [0, 0.1) is 11.8 Å². The Kier molecular flexibility index (Phi) is 4.98. The van der Waals surface area contributed by atoms with E-state index in [0.717, 1.165) is 12.0 Å². The number of benzene rings is 1. The molecule has 0 N–H and O–H groups in total. The Hall–Kier alpha value is -1.22. The van der Waals surface area contributed by atoms with Gasteiger partial charge < -0.3 is 0 Å². The Morgan fingerprint density at radius 1 is 1.13 bits per heavy atom. The Labute approximate surface area is 93.7 Å². The Morgan fingerprint density at radius 2 is 1.80 bits per heavy atom. The van der Waals surface area contributed by atoms with Gasteiger partial charge in [-0.25, -0.2) is 0 Å². The normalized spacial score (nSPS) is 9.87. The van der Waals surface area contributed by atoms with Crippen molar-refractivity contribution in [2.75, 3.05) is 0 Å². The van der Waals surface area contributed by atoms with E-state index in [1.165, 1.54) is 18.4 Å². The quantitative estimate of drug-likeness (QED) is 0.502. The average Bonchev–Trinajstić information content (AvgIpc) is 2.25. The lowest BCUT2D eigenvalue weighted by molar-refractivity contribution is 0.828. The van der Waals surface area contributed by atoms with E-state index in [-0.39, 0.29) is 0 Å². The van der Waals surface area contributed by atoms with Gasteiger partial charge in [0, 0.05) is 12.0 Å². The lowest BCUT2D eigenvalue weighted by atomic mass is 10.0. The molecule has 0 nitrogen and oxygen atoms in total. The van der Waals surface area contributed by atoms with Crippen LogP contribution >= 0.6 is 0 Å². The van der Waals surface area contributed by atoms with Crippen molar-refractivity contribution in [1.82, 2.24) is 0 Å². The summed E-state index contributed by atoms with van der Waals surface area (Å²) in [5, 5.41) is 0. The van der Waals surface area contributed by atoms with Gasteiger partial charge in [-0.3, -0.25) is 0 Å². The van der Waals surface area contributed by atoms with Gasteiger partial charge >= 0.3 is 0 Å². The topological polar surface area (TPSA) is 0 Å². The molecule has 0 aliphatic carbocycles. The highest BCUT2D eigenvalue weighted by Gasteiger charge is 1.96. The smallest absolute Gasteiger partial charge is 0.0245 e. The highest BCUT2D eigenvalue weighted by atomic mass is 14.0. The molecule has 0 radical (unpaired) electrons. The van der Waals surface area contributed by atoms with Crippen LogP contribution < -0.4 is 0 Å². The Bertz CT molecular complexity index is 333. The summed E-state index contributed by atoms with van der Waals surface area (Å²) >= 11 is 0. The summed E-state index contributed by atoms with van der Waals surface area (Å²) in [6, 6.07) is 8.59. The van der Waals surface area contributed by atoms with Crippen LogP contribution in [0.2, 0.25) is 0 Å². The first-order valence-corrected chi connectivity index (χ1v) is 5.83. The zero-order chi connectivity index (χ0) is 11.1. The predicted octanol–water partition coefficient (Wildman–Crippen LogP) is 4.35. The number of unbranched alkanes of at least 4 members (excludes halogenated alkanes) is 2. The minimum Gasteiger partial charge on any atom is -0.0979 e. The van der Waals surface area contributed by atoms with Gasteiger partial charge in [0.15, 0.2) is 0 Å². The average molecular weight is 200 g/mol. The summed E-state index contributed by atoms with van der Waals surface area (Å²) in [7, 11) is 0. The van der Waals surface area contributed by atoms with Gasteiger partial charge in [0.05, 0.1) is 0 Å². The van der Waals surface area contributed by atoms with Crippen molar-refractivity contribution in [2.45, 2.75) is 46.0 Å². The molecule has 0 aliphatic rings. The van der Waals surface area contributed by atoms with Crippen LogP contribution in [0.4, 0.5) is 0 Å². The molecule has 80 valence electrons. The first-order chi connectivity index (χ1) is 7.24. The molecule has 1 aromatic carbocycles. The molecule has 0 heteroatoms. The van der Waals surface area contributed by atoms with Crippen LogP contribution in [0.3, 0.4) is 0 Å². The molecule has 15 heavy (non-hydrogen) atoms. The zero-order valence-corrected chi connectivity index (χ0v) is 10.0. The number of rotatable bonds is 3. The minimum atomic E-state index is 0.604. The molecule has 0 fully saturated rings. The summed E-state index contributed by atoms with van der Waals surface area (Å²) in [6.07, 6.45) is 3.44. The SMILES string of the molecule is CCCCC#Cc1ccc(C(C)C)cc1. The second-order valence-corrected chi connectivity index (χ2v) is 4.18. The third-order valence-corrected chi connectivity index (χ3v) is 2.47. The molecule has 0 saturated carbocycles. The van der Waals surface area contributed by atoms with Gasteiger partial charge in [-0.2, -0.15) is 0 Å². The molecule has 0 spiro atoms. The lowest BCUT2D eigenvalue weighted by Gasteiger charge is -2.03. The monoisotopic (exact) mass is 200 g/mol. The molecule has 0 unspecified atom stereocenters. The van der Waals surface area contributed by atoms with E-state index in [1.807, 2.05) is 0 Å². The van der Waals surface area contributed by atoms with Crippen molar-refractivity contribution in [3.63, 3.8) is 0 Å². The first-order valence-electron chi connectivity index (χ1n) is 5.83. The second-order valence-electron chi connectivity index (χ2n) is 4.18. The van der Waals surface area contributed by atoms with Gasteiger partial charge in [0.2, 0.25) is 0 Å². The first kappa shape index (κ1) is 11.9. The Morgan fingerprint density at radius 3 is 2.33 bits per heavy atom. The summed E-state index contributed by atoms with van der Waals surface area (Å²) in [5.74, 6) is 7.00. The van der Waals surface area contributed by atoms with Gasteiger partial charge in [0.25, 0.3) is 0 Å². The van der Waals surface area contributed by atoms with Crippen molar-refractivity contribution in [3.8, 4) is 11.8 Å². The van der Waals surface area contributed by atoms with Crippen LogP contribution in [-0.4, -0.2) is 0 Å². The molecule has 0 bridgehead atoms. The van der Waals surface area contributed by atoms with E-state index in [2.05, 4.69) is 56.9 Å². The van der Waals surface area contributed by atoms with E-state index in [1.54, 1.807) is 0 Å². The molecule has 0 aliphatic heterocycles. The van der Waals surface area contributed by atoms with Crippen molar-refractivity contribution in [2.24, 2.45) is 0 Å². The molecule has 0 saturated heterocycles. The third-order valence-electron chi connectivity index (χ3n) is 2.47. The molecule has 0 atom stereocenters. The largest absolute Gasteiger partial charge is 0.0979 e. The van der Waals surface area contributed by atoms with Crippen molar-refractivity contribution >= 4 is 0 Å². The van der Waals surface area contributed by atoms with Crippen LogP contribution in [0.5, 0.6) is 0 Å². The molecule has 0 amide bonds. The highest BCUT2D eigenvalue weighted by molar-refractivity contribution is 5.36. The van der Waals surface area contributed by atoms with Crippen LogP contribution in [0.25, 0.3) is 0 Å². The predicted molar refractivity (Wildman–Crippen MR) is 66.9 cm³/mol. The van der Waals surface area contributed by atoms with Gasteiger partial charge in [-0.15, -0.1) is 0 Å². The van der Waals surface area contributed by atoms with Crippen LogP contribution in [0.1, 0.15) is 57.1 Å². The van der Waals surface area contributed by atoms with Gasteiger partial charge in [-0.05, 0) is 30.0 Å². The van der Waals surface area contributed by atoms with Crippen LogP contribution in [0.15, 0.2) is 24.3 Å². The van der Waals surface area contributed by atoms with E-state index < -0.39 is 0 Å². The molecule has 0 aromatic heterocycles. The number of hydrogen-bond acceptors (Lipinski definition) is 0. The van der Waals surface area contributed by atoms with Crippen molar-refractivity contribution in [3.05, 3.63) is 35.4 Å². The summed E-state index contributed by atoms with van der Waals surface area (Å²) in [5.41, 5.74) is 2.52. The summed E-state index contributed by atoms with van der Waals surface area (Å²) < 4.78 is 0. The number of hydrogen-bond donors (Lipinski definition) is 0. The lowest BCUT2D eigenvalue weighted by Crippen LogP contribution is -1.86. The molecule has 0 heterocycles. The maximum absolute atomic E-state index is 3.20. The van der Waals surface area contributed by atoms with E-state index >= 15 is 0 Å². The van der Waals surface area contributed by atoms with Gasteiger partial charge in [-0.1, -0.05) is 51.2 Å². The van der Waals surface area contributed by atoms with Crippen molar-refractivity contribution < 1.29 is 0 Å². The third kappa shape index (κ3) is 4.21. The zero-order valence-electron chi connectivity index (χ0n) is 10.0. The molecule has 1 aromatic rings. The fourth-order valence-electron chi connectivity index (χ4n) is 1.38. The van der Waals surface area contributed by atoms with E-state index in [9.17, 15) is 0 Å². The van der Waals surface area contributed by atoms with Crippen LogP contribution in [-0.2, 0) is 0 Å². The van der Waals surface area contributed by atoms with E-state index in [4.69, 9.17) is 0 Å². The fourth-order valence-corrected chi connectivity index (χ4v) is 1.38. The summed E-state index contributed by atoms with van der Waals surface area (Å²) in [4.78, 5) is 0. The summed E-state index contributed by atoms with van der Waals surface area (Å²) in [6.45, 7) is 6.61. The molecular weight excluding hydrogens is 180 g/mol. The highest BCUT2D eigenvalue weighted by Crippen LogP contribution is 2.14. The maximum atomic E-state index is 3.20. The molecular formula is C15H20. The second kappa shape index (κ2) is 6.30. The van der Waals surface area contributed by atoms with Crippen molar-refractivity contribution in [1.29, 1.82) is 0 Å². The van der Waals surface area contributed by atoms with Gasteiger partial charge in [0.1, 0.15) is 0 Å². The fraction of sp³-hybridized carbons (Fsp3) is 0.467.